The number of para-hydroxylation sites is 3. The van der Waals surface area contributed by atoms with E-state index in [1.807, 2.05) is 66.7 Å². The van der Waals surface area contributed by atoms with E-state index >= 15 is 0 Å². The van der Waals surface area contributed by atoms with Crippen molar-refractivity contribution in [3.8, 4) is 11.5 Å². The fraction of sp³-hybridized carbons (Fsp3) is 0.0952. The topological polar surface area (TPSA) is 29.5 Å². The van der Waals surface area contributed by atoms with Crippen molar-refractivity contribution in [2.45, 2.75) is 6.54 Å². The van der Waals surface area contributed by atoms with E-state index in [1.165, 1.54) is 4.90 Å². The van der Waals surface area contributed by atoms with Crippen molar-refractivity contribution in [3.05, 3.63) is 90.5 Å². The number of halogens is 1. The van der Waals surface area contributed by atoms with Gasteiger partial charge in [-0.2, -0.15) is 0 Å². The molecule has 0 unspecified atom stereocenters. The van der Waals surface area contributed by atoms with Gasteiger partial charge in [0.05, 0.1) is 12.2 Å². The van der Waals surface area contributed by atoms with Crippen molar-refractivity contribution in [1.29, 1.82) is 0 Å². The van der Waals surface area contributed by atoms with Gasteiger partial charge in [0.1, 0.15) is 5.75 Å². The highest BCUT2D eigenvalue weighted by atomic mass is 18.2. The first-order chi connectivity index (χ1) is 12.3. The molecule has 3 nitrogen and oxygen atoms in total. The number of carbonyl (C=O) groups excluding carboxylic acids is 1. The maximum absolute atomic E-state index is 13.2. The van der Waals surface area contributed by atoms with Crippen molar-refractivity contribution in [1.82, 2.24) is 0 Å². The van der Waals surface area contributed by atoms with E-state index in [0.717, 1.165) is 5.56 Å². The minimum absolute atomic E-state index is 0.277. The first-order valence-corrected chi connectivity index (χ1v) is 8.00. The van der Waals surface area contributed by atoms with Gasteiger partial charge >= 0.3 is 0 Å². The molecule has 0 N–H and O–H groups in total. The second kappa shape index (κ2) is 8.11. The minimum atomic E-state index is -1.06. The Balaban J connectivity index is 1.94. The van der Waals surface area contributed by atoms with E-state index in [9.17, 15) is 9.18 Å². The molecule has 0 saturated carbocycles. The summed E-state index contributed by atoms with van der Waals surface area (Å²) in [7, 11) is 0. The highest BCUT2D eigenvalue weighted by Gasteiger charge is 2.20. The number of hydrogen-bond acceptors (Lipinski definition) is 2. The first kappa shape index (κ1) is 16.7. The summed E-state index contributed by atoms with van der Waals surface area (Å²) < 4.78 is 19.1. The van der Waals surface area contributed by atoms with E-state index in [-0.39, 0.29) is 6.54 Å². The number of carbonyl (C=O) groups is 1. The van der Waals surface area contributed by atoms with Crippen LogP contribution >= 0.6 is 0 Å². The molecule has 0 bridgehead atoms. The third kappa shape index (κ3) is 4.23. The van der Waals surface area contributed by atoms with Crippen LogP contribution in [0.15, 0.2) is 84.9 Å². The zero-order valence-corrected chi connectivity index (χ0v) is 13.6. The molecule has 0 aliphatic rings. The minimum Gasteiger partial charge on any atom is -0.455 e. The van der Waals surface area contributed by atoms with E-state index < -0.39 is 12.6 Å². The van der Waals surface area contributed by atoms with E-state index in [0.29, 0.717) is 17.2 Å². The van der Waals surface area contributed by atoms with Gasteiger partial charge in [0.25, 0.3) is 5.91 Å². The first-order valence-electron chi connectivity index (χ1n) is 8.00. The molecule has 0 aromatic heterocycles. The van der Waals surface area contributed by atoms with Crippen molar-refractivity contribution >= 4 is 11.6 Å². The highest BCUT2D eigenvalue weighted by molar-refractivity contribution is 5.95. The third-order valence-corrected chi connectivity index (χ3v) is 3.73. The van der Waals surface area contributed by atoms with Crippen LogP contribution in [0.5, 0.6) is 11.5 Å². The predicted molar refractivity (Wildman–Crippen MR) is 96.6 cm³/mol. The molecule has 126 valence electrons. The van der Waals surface area contributed by atoms with Crippen LogP contribution in [0, 0.1) is 0 Å². The van der Waals surface area contributed by atoms with Crippen molar-refractivity contribution in [2.24, 2.45) is 0 Å². The second-order valence-electron chi connectivity index (χ2n) is 5.48. The molecule has 0 aliphatic heterocycles. The van der Waals surface area contributed by atoms with Gasteiger partial charge < -0.3 is 9.64 Å². The number of ether oxygens (including phenoxy) is 1. The molecule has 0 fully saturated rings. The van der Waals surface area contributed by atoms with Crippen LogP contribution in [-0.2, 0) is 11.3 Å². The highest BCUT2D eigenvalue weighted by Crippen LogP contribution is 2.33. The van der Waals surface area contributed by atoms with Gasteiger partial charge in [-0.3, -0.25) is 4.79 Å². The van der Waals surface area contributed by atoms with Gasteiger partial charge in [-0.05, 0) is 29.8 Å². The fourth-order valence-corrected chi connectivity index (χ4v) is 2.53. The Hall–Kier alpha value is -3.14. The maximum atomic E-state index is 13.2. The lowest BCUT2D eigenvalue weighted by atomic mass is 10.2. The predicted octanol–water partition coefficient (Wildman–Crippen LogP) is 4.98. The largest absolute Gasteiger partial charge is 0.455 e. The maximum Gasteiger partial charge on any atom is 0.258 e. The molecule has 1 amide bonds. The standard InChI is InChI=1S/C21H18FNO2/c22-15-21(24)23(16-17-9-3-1-4-10-17)19-13-7-8-14-20(19)25-18-11-5-2-6-12-18/h1-14H,15-16H2/i22-1. The molecular formula is C21H18FNO2. The molecule has 3 aromatic carbocycles. The number of hydrogen-bond donors (Lipinski definition) is 0. The zero-order valence-electron chi connectivity index (χ0n) is 13.6. The zero-order chi connectivity index (χ0) is 17.5. The van der Waals surface area contributed by atoms with Crippen LogP contribution in [0.1, 0.15) is 5.56 Å². The van der Waals surface area contributed by atoms with E-state index in [4.69, 9.17) is 4.74 Å². The van der Waals surface area contributed by atoms with Crippen molar-refractivity contribution in [3.63, 3.8) is 0 Å². The average molecular weight is 334 g/mol. The Bertz CT molecular complexity index is 822. The average Bonchev–Trinajstić information content (AvgIpc) is 2.68. The number of nitrogens with zero attached hydrogens (tertiary/aromatic N) is 1. The number of amides is 1. The lowest BCUT2D eigenvalue weighted by Crippen LogP contribution is -2.31. The summed E-state index contributed by atoms with van der Waals surface area (Å²) >= 11 is 0. The molecule has 3 aromatic rings. The third-order valence-electron chi connectivity index (χ3n) is 3.73. The fourth-order valence-electron chi connectivity index (χ4n) is 2.53. The van der Waals surface area contributed by atoms with Gasteiger partial charge in [0.2, 0.25) is 0 Å². The summed E-state index contributed by atoms with van der Waals surface area (Å²) in [6.07, 6.45) is 0. The van der Waals surface area contributed by atoms with Gasteiger partial charge in [0, 0.05) is 0 Å². The molecule has 3 rings (SSSR count). The number of anilines is 1. The lowest BCUT2D eigenvalue weighted by molar-refractivity contribution is -0.119. The molecule has 0 saturated heterocycles. The molecule has 0 radical (unpaired) electrons. The lowest BCUT2D eigenvalue weighted by Gasteiger charge is -2.24. The van der Waals surface area contributed by atoms with Gasteiger partial charge in [-0.1, -0.05) is 60.7 Å². The Labute approximate surface area is 146 Å². The van der Waals surface area contributed by atoms with E-state index in [1.54, 1.807) is 18.2 Å². The molecule has 0 heterocycles. The Morgan fingerprint density at radius 2 is 1.44 bits per heavy atom. The molecule has 25 heavy (non-hydrogen) atoms. The summed E-state index contributed by atoms with van der Waals surface area (Å²) in [5.41, 5.74) is 1.46. The summed E-state index contributed by atoms with van der Waals surface area (Å²) in [6, 6.07) is 25.9. The summed E-state index contributed by atoms with van der Waals surface area (Å²) in [5, 5.41) is 0. The summed E-state index contributed by atoms with van der Waals surface area (Å²) in [4.78, 5) is 13.6. The molecule has 0 aliphatic carbocycles. The number of alkyl halides is 1. The second-order valence-corrected chi connectivity index (χ2v) is 5.48. The smallest absolute Gasteiger partial charge is 0.258 e. The molecule has 0 atom stereocenters. The SMILES string of the molecule is O=C(C[18F])N(Cc1ccccc1)c1ccccc1Oc1ccccc1. The van der Waals surface area contributed by atoms with Crippen LogP contribution in [0.3, 0.4) is 0 Å². The van der Waals surface area contributed by atoms with Gasteiger partial charge in [-0.15, -0.1) is 0 Å². The van der Waals surface area contributed by atoms with Gasteiger partial charge in [-0.25, -0.2) is 4.39 Å². The van der Waals surface area contributed by atoms with Crippen LogP contribution in [0.25, 0.3) is 0 Å². The monoisotopic (exact) mass is 334 g/mol. The quantitative estimate of drug-likeness (QED) is 0.636. The number of benzene rings is 3. The van der Waals surface area contributed by atoms with Crippen molar-refractivity contribution < 1.29 is 13.9 Å². The Kier molecular flexibility index (Phi) is 5.42. The molecule has 0 spiro atoms. The number of rotatable bonds is 6. The molecule has 4 heteroatoms. The summed E-state index contributed by atoms with van der Waals surface area (Å²) in [6.45, 7) is -0.786. The molecular weight excluding hydrogens is 316 g/mol. The summed E-state index contributed by atoms with van der Waals surface area (Å²) in [5.74, 6) is 0.557. The van der Waals surface area contributed by atoms with Crippen LogP contribution < -0.4 is 9.64 Å². The van der Waals surface area contributed by atoms with Gasteiger partial charge in [0.15, 0.2) is 12.4 Å². The van der Waals surface area contributed by atoms with Crippen molar-refractivity contribution in [2.75, 3.05) is 11.6 Å². The Morgan fingerprint density at radius 3 is 2.12 bits per heavy atom. The van der Waals surface area contributed by atoms with Crippen LogP contribution in [-0.4, -0.2) is 12.6 Å². The normalized spacial score (nSPS) is 10.3. The van der Waals surface area contributed by atoms with Crippen LogP contribution in [0.4, 0.5) is 10.1 Å². The van der Waals surface area contributed by atoms with E-state index in [2.05, 4.69) is 0 Å². The van der Waals surface area contributed by atoms with Crippen LogP contribution in [0.2, 0.25) is 0 Å². The Morgan fingerprint density at radius 1 is 0.840 bits per heavy atom.